The smallest absolute Gasteiger partial charge is 0.244 e. The van der Waals surface area contributed by atoms with Gasteiger partial charge in [0.05, 0.1) is 16.1 Å². The topological polar surface area (TPSA) is 65.4 Å². The quantitative estimate of drug-likeness (QED) is 0.505. The number of halogens is 1. The van der Waals surface area contributed by atoms with Crippen LogP contribution in [0, 0.1) is 6.92 Å². The summed E-state index contributed by atoms with van der Waals surface area (Å²) >= 11 is 6.15. The highest BCUT2D eigenvalue weighted by molar-refractivity contribution is 6.32. The van der Waals surface area contributed by atoms with Crippen LogP contribution in [-0.2, 0) is 11.3 Å². The van der Waals surface area contributed by atoms with Gasteiger partial charge in [-0.2, -0.15) is 0 Å². The molecule has 0 aliphatic carbocycles. The summed E-state index contributed by atoms with van der Waals surface area (Å²) in [6, 6.07) is 11.6. The first-order valence-corrected chi connectivity index (χ1v) is 9.46. The molecule has 0 radical (unpaired) electrons. The highest BCUT2D eigenvalue weighted by atomic mass is 35.5. The average Bonchev–Trinajstić information content (AvgIpc) is 3.28. The van der Waals surface area contributed by atoms with E-state index in [1.165, 1.54) is 6.08 Å². The van der Waals surface area contributed by atoms with Crippen LogP contribution in [0.2, 0.25) is 5.02 Å². The highest BCUT2D eigenvalue weighted by Gasteiger charge is 2.17. The molecular formula is C21H20ClN3O3. The predicted molar refractivity (Wildman–Crippen MR) is 109 cm³/mol. The Balaban J connectivity index is 1.30. The maximum Gasteiger partial charge on any atom is 0.244 e. The van der Waals surface area contributed by atoms with Gasteiger partial charge in [0.15, 0.2) is 11.5 Å². The number of carbonyl (C=O) groups is 1. The van der Waals surface area contributed by atoms with Crippen molar-refractivity contribution in [2.45, 2.75) is 19.9 Å². The van der Waals surface area contributed by atoms with Crippen LogP contribution in [0.4, 0.5) is 0 Å². The van der Waals surface area contributed by atoms with Gasteiger partial charge in [0.2, 0.25) is 12.7 Å². The third-order valence-electron chi connectivity index (χ3n) is 4.58. The molecule has 2 aromatic carbocycles. The van der Waals surface area contributed by atoms with E-state index in [9.17, 15) is 4.79 Å². The van der Waals surface area contributed by atoms with E-state index in [1.807, 2.05) is 25.1 Å². The highest BCUT2D eigenvalue weighted by Crippen LogP contribution is 2.40. The molecule has 144 valence electrons. The van der Waals surface area contributed by atoms with Crippen molar-refractivity contribution in [3.63, 3.8) is 0 Å². The van der Waals surface area contributed by atoms with Crippen LogP contribution in [0.25, 0.3) is 17.1 Å². The Bertz CT molecular complexity index is 1060. The summed E-state index contributed by atoms with van der Waals surface area (Å²) in [6.45, 7) is 3.54. The first-order chi connectivity index (χ1) is 13.6. The molecule has 1 aliphatic heterocycles. The van der Waals surface area contributed by atoms with Crippen LogP contribution in [0.5, 0.6) is 11.5 Å². The van der Waals surface area contributed by atoms with Crippen LogP contribution in [0.3, 0.4) is 0 Å². The average molecular weight is 398 g/mol. The second-order valence-electron chi connectivity index (χ2n) is 6.51. The van der Waals surface area contributed by atoms with E-state index >= 15 is 0 Å². The molecule has 0 saturated carbocycles. The molecule has 0 atom stereocenters. The second-order valence-corrected chi connectivity index (χ2v) is 6.92. The van der Waals surface area contributed by atoms with Gasteiger partial charge < -0.3 is 19.4 Å². The number of hydrogen-bond acceptors (Lipinski definition) is 4. The number of carbonyl (C=O) groups excluding carboxylic acids is 1. The molecule has 4 rings (SSSR count). The lowest BCUT2D eigenvalue weighted by atomic mass is 10.2. The minimum Gasteiger partial charge on any atom is -0.454 e. The fourth-order valence-electron chi connectivity index (χ4n) is 3.24. The Hall–Kier alpha value is -2.99. The van der Waals surface area contributed by atoms with Gasteiger partial charge in [-0.1, -0.05) is 23.7 Å². The van der Waals surface area contributed by atoms with E-state index in [-0.39, 0.29) is 12.7 Å². The molecule has 1 amide bonds. The summed E-state index contributed by atoms with van der Waals surface area (Å²) in [6.07, 6.45) is 4.01. The third kappa shape index (κ3) is 3.82. The summed E-state index contributed by atoms with van der Waals surface area (Å²) in [4.78, 5) is 16.6. The zero-order chi connectivity index (χ0) is 19.5. The Morgan fingerprint density at radius 2 is 2.18 bits per heavy atom. The summed E-state index contributed by atoms with van der Waals surface area (Å²) in [5.41, 5.74) is 2.89. The fraction of sp³-hybridized carbons (Fsp3) is 0.238. The summed E-state index contributed by atoms with van der Waals surface area (Å²) in [5, 5.41) is 3.37. The van der Waals surface area contributed by atoms with Crippen molar-refractivity contribution in [3.05, 3.63) is 58.9 Å². The molecule has 2 heterocycles. The molecule has 7 heteroatoms. The lowest BCUT2D eigenvalue weighted by Crippen LogP contribution is -2.23. The van der Waals surface area contributed by atoms with E-state index in [2.05, 4.69) is 20.9 Å². The number of aromatic nitrogens is 2. The van der Waals surface area contributed by atoms with Gasteiger partial charge in [-0.15, -0.1) is 0 Å². The summed E-state index contributed by atoms with van der Waals surface area (Å²) < 4.78 is 12.8. The fourth-order valence-corrected chi connectivity index (χ4v) is 3.52. The first kappa shape index (κ1) is 18.4. The number of fused-ring (bicyclic) bond motifs is 2. The van der Waals surface area contributed by atoms with Gasteiger partial charge in [0.1, 0.15) is 5.82 Å². The van der Waals surface area contributed by atoms with E-state index in [4.69, 9.17) is 21.1 Å². The lowest BCUT2D eigenvalue weighted by Gasteiger charge is -2.07. The second kappa shape index (κ2) is 7.94. The van der Waals surface area contributed by atoms with Crippen LogP contribution in [-0.4, -0.2) is 28.8 Å². The van der Waals surface area contributed by atoms with Crippen molar-refractivity contribution in [3.8, 4) is 11.5 Å². The van der Waals surface area contributed by atoms with E-state index < -0.39 is 0 Å². The third-order valence-corrected chi connectivity index (χ3v) is 4.86. The summed E-state index contributed by atoms with van der Waals surface area (Å²) in [5.74, 6) is 1.97. The molecule has 28 heavy (non-hydrogen) atoms. The number of amides is 1. The minimum absolute atomic E-state index is 0.152. The Kier molecular flexibility index (Phi) is 5.21. The molecule has 1 aliphatic rings. The number of imidazole rings is 1. The molecule has 0 unspecified atom stereocenters. The molecule has 0 bridgehead atoms. The van der Waals surface area contributed by atoms with Crippen molar-refractivity contribution >= 4 is 34.6 Å². The van der Waals surface area contributed by atoms with Crippen molar-refractivity contribution < 1.29 is 14.3 Å². The molecule has 3 aromatic rings. The number of nitrogens with one attached hydrogen (secondary N) is 1. The van der Waals surface area contributed by atoms with Crippen LogP contribution in [0.1, 0.15) is 17.8 Å². The number of ether oxygens (including phenoxy) is 2. The van der Waals surface area contributed by atoms with Crippen molar-refractivity contribution in [1.82, 2.24) is 14.9 Å². The van der Waals surface area contributed by atoms with Crippen LogP contribution >= 0.6 is 11.6 Å². The number of rotatable bonds is 6. The van der Waals surface area contributed by atoms with Gasteiger partial charge in [-0.05, 0) is 49.2 Å². The lowest BCUT2D eigenvalue weighted by molar-refractivity contribution is -0.116. The SMILES string of the molecule is Cc1nc2ccccc2n1CCCNC(=O)C=Cc1cc(Cl)c2c(c1)OCO2. The van der Waals surface area contributed by atoms with E-state index in [0.717, 1.165) is 35.4 Å². The Morgan fingerprint density at radius 1 is 1.32 bits per heavy atom. The normalized spacial score (nSPS) is 12.8. The standard InChI is InChI=1S/C21H20ClN3O3/c1-14-24-17-5-2-3-6-18(17)25(14)10-4-9-23-20(26)8-7-15-11-16(22)21-19(12-15)27-13-28-21/h2-3,5-8,11-12H,4,9-10,13H2,1H3,(H,23,26). The van der Waals surface area contributed by atoms with Crippen molar-refractivity contribution in [2.75, 3.05) is 13.3 Å². The van der Waals surface area contributed by atoms with Crippen LogP contribution in [0.15, 0.2) is 42.5 Å². The molecule has 6 nitrogen and oxygen atoms in total. The van der Waals surface area contributed by atoms with Gasteiger partial charge in [0, 0.05) is 19.2 Å². The zero-order valence-corrected chi connectivity index (χ0v) is 16.2. The molecule has 0 fully saturated rings. The first-order valence-electron chi connectivity index (χ1n) is 9.09. The van der Waals surface area contributed by atoms with Gasteiger partial charge in [-0.3, -0.25) is 4.79 Å². The number of benzene rings is 2. The Labute approximate surface area is 167 Å². The molecule has 1 N–H and O–H groups in total. The number of para-hydroxylation sites is 2. The van der Waals surface area contributed by atoms with Gasteiger partial charge in [-0.25, -0.2) is 4.98 Å². The summed E-state index contributed by atoms with van der Waals surface area (Å²) in [7, 11) is 0. The Morgan fingerprint density at radius 3 is 3.07 bits per heavy atom. The predicted octanol–water partition coefficient (Wildman–Crippen LogP) is 3.95. The number of nitrogens with zero attached hydrogens (tertiary/aromatic N) is 2. The molecule has 1 aromatic heterocycles. The number of aryl methyl sites for hydroxylation is 2. The monoisotopic (exact) mass is 397 g/mol. The minimum atomic E-state index is -0.152. The maximum absolute atomic E-state index is 12.1. The number of hydrogen-bond donors (Lipinski definition) is 1. The largest absolute Gasteiger partial charge is 0.454 e. The van der Waals surface area contributed by atoms with Crippen molar-refractivity contribution in [2.24, 2.45) is 0 Å². The van der Waals surface area contributed by atoms with Gasteiger partial charge in [0.25, 0.3) is 0 Å². The van der Waals surface area contributed by atoms with E-state index in [1.54, 1.807) is 18.2 Å². The van der Waals surface area contributed by atoms with E-state index in [0.29, 0.717) is 23.1 Å². The molecular weight excluding hydrogens is 378 g/mol. The zero-order valence-electron chi connectivity index (χ0n) is 15.4. The van der Waals surface area contributed by atoms with Crippen LogP contribution < -0.4 is 14.8 Å². The van der Waals surface area contributed by atoms with Gasteiger partial charge >= 0.3 is 0 Å². The molecule has 0 spiro atoms. The maximum atomic E-state index is 12.1. The molecule has 0 saturated heterocycles. The van der Waals surface area contributed by atoms with Crippen molar-refractivity contribution in [1.29, 1.82) is 0 Å².